The molecule has 6 heterocycles. The number of aromatic nitrogens is 6. The minimum absolute atomic E-state index is 0. The molecule has 4 aromatic carbocycles. The number of benzene rings is 4. The Balaban J connectivity index is 0.00000560. The number of nitrogens with zero attached hydrogens (tertiary/aromatic N) is 10. The van der Waals surface area contributed by atoms with E-state index in [1.54, 1.807) is 29.0 Å². The average molecular weight is 1000 g/mol. The number of carbonyl (C=O) groups excluding carboxylic acids is 4. The van der Waals surface area contributed by atoms with E-state index >= 15 is 0 Å². The standard InChI is InChI=1S/C55H48N10O6.Fe/c66-52-50(64-46(34-70-54(64)68)40-16-3-1-4-17-40)48(42-24-20-38(21-25-42)44-32-60(58-56-44)30-36-12-7-8-13-36)62(52)28-11-29-63-49(51(53(63)67)65-47(35-71-55(65)69)41-18-5-2-6-19-41)43-26-22-39(23-27-43)45-33-61(59-57-45)31-37-14-9-10-15-37;/h1-10,12-27,32-33,46-51H,11,28-31,34-35H2;/q;+2/t46-,47-,48-,49-,50+,51+;/m1./s1. The molecule has 72 heavy (non-hydrogen) atoms. The second-order valence-corrected chi connectivity index (χ2v) is 18.5. The van der Waals surface area contributed by atoms with E-state index in [0.29, 0.717) is 44.0 Å². The number of rotatable bonds is 16. The van der Waals surface area contributed by atoms with Gasteiger partial charge in [0.2, 0.25) is 11.8 Å². The van der Waals surface area contributed by atoms with Crippen LogP contribution in [0.15, 0.2) is 122 Å². The van der Waals surface area contributed by atoms with E-state index in [4.69, 9.17) is 9.47 Å². The van der Waals surface area contributed by atoms with Crippen LogP contribution >= 0.6 is 0 Å². The maximum absolute atomic E-state index is 14.6. The van der Waals surface area contributed by atoms with Gasteiger partial charge in [-0.1, -0.05) is 120 Å². The summed E-state index contributed by atoms with van der Waals surface area (Å²) in [6, 6.07) is 31.5. The fourth-order valence-corrected chi connectivity index (χ4v) is 10.7. The predicted octanol–water partition coefficient (Wildman–Crippen LogP) is 6.99. The second kappa shape index (κ2) is 20.3. The van der Waals surface area contributed by atoms with Crippen LogP contribution in [0.3, 0.4) is 0 Å². The van der Waals surface area contributed by atoms with E-state index in [1.807, 2.05) is 173 Å². The Morgan fingerprint density at radius 2 is 0.861 bits per heavy atom. The van der Waals surface area contributed by atoms with Gasteiger partial charge in [0.1, 0.15) is 36.7 Å². The van der Waals surface area contributed by atoms with Crippen molar-refractivity contribution in [1.29, 1.82) is 0 Å². The van der Waals surface area contributed by atoms with E-state index in [-0.39, 0.29) is 42.1 Å². The third kappa shape index (κ3) is 8.95. The van der Waals surface area contributed by atoms with Crippen LogP contribution < -0.4 is 0 Å². The van der Waals surface area contributed by atoms with Crippen LogP contribution in [0.25, 0.3) is 22.5 Å². The first-order valence-electron chi connectivity index (χ1n) is 23.9. The molecule has 4 amide bonds. The number of cyclic esters (lactones) is 2. The fourth-order valence-electron chi connectivity index (χ4n) is 10.7. The average Bonchev–Trinajstić information content (AvgIpc) is 4.29. The summed E-state index contributed by atoms with van der Waals surface area (Å²) in [7, 11) is 0. The van der Waals surface area contributed by atoms with Crippen LogP contribution in [0.5, 0.6) is 0 Å². The van der Waals surface area contributed by atoms with Gasteiger partial charge in [-0.3, -0.25) is 28.8 Å². The van der Waals surface area contributed by atoms with Crippen molar-refractivity contribution in [2.75, 3.05) is 26.3 Å². The number of hydrogen-bond donors (Lipinski definition) is 0. The first kappa shape index (κ1) is 47.5. The van der Waals surface area contributed by atoms with Gasteiger partial charge in [-0.25, -0.2) is 9.59 Å². The fraction of sp³-hybridized carbons (Fsp3) is 0.236. The Bertz CT molecular complexity index is 2690. The molecular weight excluding hydrogens is 953 g/mol. The molecule has 2 aliphatic carbocycles. The summed E-state index contributed by atoms with van der Waals surface area (Å²) in [5.74, 6) is 1.86. The number of β-lactam (4-membered cyclic amide) rings is 2. The molecule has 360 valence electrons. The summed E-state index contributed by atoms with van der Waals surface area (Å²) in [5, 5.41) is 17.6. The van der Waals surface area contributed by atoms with Crippen LogP contribution in [0, 0.1) is 63.2 Å². The molecule has 2 aromatic heterocycles. The smallest absolute Gasteiger partial charge is 0.447 e. The third-order valence-electron chi connectivity index (χ3n) is 14.3. The first-order valence-corrected chi connectivity index (χ1v) is 23.9. The van der Waals surface area contributed by atoms with Crippen molar-refractivity contribution in [3.63, 3.8) is 0 Å². The van der Waals surface area contributed by atoms with Crippen LogP contribution in [0.1, 0.15) is 52.8 Å². The largest absolute Gasteiger partial charge is 2.00 e. The zero-order valence-corrected chi connectivity index (χ0v) is 40.0. The summed E-state index contributed by atoms with van der Waals surface area (Å²) >= 11 is 0. The number of likely N-dealkylation sites (tertiary alicyclic amines) is 2. The van der Waals surface area contributed by atoms with Gasteiger partial charge in [0, 0.05) is 49.1 Å². The zero-order valence-electron chi connectivity index (χ0n) is 38.9. The van der Waals surface area contributed by atoms with E-state index in [9.17, 15) is 19.2 Å². The monoisotopic (exact) mass is 1000 g/mol. The molecule has 4 aliphatic heterocycles. The first-order chi connectivity index (χ1) is 34.9. The molecule has 0 spiro atoms. The van der Waals surface area contributed by atoms with E-state index in [1.165, 1.54) is 0 Å². The normalized spacial score (nSPS) is 24.4. The second-order valence-electron chi connectivity index (χ2n) is 18.5. The van der Waals surface area contributed by atoms with Gasteiger partial charge in [-0.05, 0) is 80.0 Å². The van der Waals surface area contributed by atoms with Gasteiger partial charge in [-0.2, -0.15) is 0 Å². The summed E-state index contributed by atoms with van der Waals surface area (Å²) in [6.07, 6.45) is 19.3. The number of carbonyl (C=O) groups is 4. The van der Waals surface area contributed by atoms with E-state index in [2.05, 4.69) is 20.6 Å². The predicted molar refractivity (Wildman–Crippen MR) is 258 cm³/mol. The van der Waals surface area contributed by atoms with Crippen LogP contribution in [-0.2, 0) is 49.2 Å². The van der Waals surface area contributed by atoms with E-state index < -0.39 is 48.4 Å². The van der Waals surface area contributed by atoms with Crippen molar-refractivity contribution in [3.05, 3.63) is 207 Å². The number of hydrogen-bond acceptors (Lipinski definition) is 10. The molecule has 6 aliphatic rings. The topological polar surface area (TPSA) is 161 Å². The number of amides is 4. The van der Waals surface area contributed by atoms with Crippen LogP contribution in [0.4, 0.5) is 9.59 Å². The minimum atomic E-state index is -0.819. The molecule has 16 nitrogen and oxygen atoms in total. The van der Waals surface area contributed by atoms with Crippen LogP contribution in [0.2, 0.25) is 0 Å². The summed E-state index contributed by atoms with van der Waals surface area (Å²) in [4.78, 5) is 63.1. The Labute approximate surface area is 429 Å². The maximum atomic E-state index is 14.6. The molecule has 4 saturated heterocycles. The Morgan fingerprint density at radius 3 is 1.25 bits per heavy atom. The van der Waals surface area contributed by atoms with Crippen molar-refractivity contribution in [3.8, 4) is 22.5 Å². The summed E-state index contributed by atoms with van der Waals surface area (Å²) in [6.45, 7) is 2.06. The van der Waals surface area contributed by atoms with Gasteiger partial charge in [-0.15, -0.1) is 10.2 Å². The van der Waals surface area contributed by atoms with Gasteiger partial charge >= 0.3 is 29.3 Å². The molecule has 17 heteroatoms. The molecule has 2 saturated carbocycles. The minimum Gasteiger partial charge on any atom is -0.447 e. The summed E-state index contributed by atoms with van der Waals surface area (Å²) < 4.78 is 14.9. The molecule has 12 rings (SSSR count). The van der Waals surface area contributed by atoms with Gasteiger partial charge < -0.3 is 19.3 Å². The third-order valence-corrected chi connectivity index (χ3v) is 14.3. The van der Waals surface area contributed by atoms with Crippen molar-refractivity contribution < 1.29 is 45.7 Å². The molecule has 6 aromatic rings. The molecule has 10 radical (unpaired) electrons. The van der Waals surface area contributed by atoms with Gasteiger partial charge in [0.15, 0.2) is 0 Å². The van der Waals surface area contributed by atoms with E-state index in [0.717, 1.165) is 45.2 Å². The van der Waals surface area contributed by atoms with Crippen molar-refractivity contribution >= 4 is 24.0 Å². The molecular formula is C55H48FeN10O6+2. The van der Waals surface area contributed by atoms with Gasteiger partial charge in [0.25, 0.3) is 0 Å². The van der Waals surface area contributed by atoms with Crippen molar-refractivity contribution in [2.24, 2.45) is 0 Å². The SMILES string of the molecule is O=C1[C@@H](N2C(=O)OC[C@@H]2c2ccccc2)[C@@H](c2ccc(-c3cn(C[C]4[CH][CH][CH][CH]4)nn3)cc2)N1CCCN1C(=O)[C@@H](N2C(=O)OC[C@@H]2c2ccccc2)[C@H]1c1ccc(-c2cn(C[C]3[CH][CH][CH][CH]3)nn2)cc1.[Fe+2]. The summed E-state index contributed by atoms with van der Waals surface area (Å²) in [5.41, 5.74) is 6.60. The molecule has 6 fully saturated rings. The Hall–Kier alpha value is -6.84. The molecule has 0 N–H and O–H groups in total. The van der Waals surface area contributed by atoms with Crippen molar-refractivity contribution in [2.45, 2.75) is 55.8 Å². The van der Waals surface area contributed by atoms with Gasteiger partial charge in [0.05, 0.1) is 36.6 Å². The maximum Gasteiger partial charge on any atom is 2.00 e. The van der Waals surface area contributed by atoms with Crippen LogP contribution in [-0.4, -0.2) is 112 Å². The molecule has 0 bridgehead atoms. The quantitative estimate of drug-likeness (QED) is 0.0730. The Kier molecular flexibility index (Phi) is 13.4. The van der Waals surface area contributed by atoms with Crippen molar-refractivity contribution in [1.82, 2.24) is 49.6 Å². The molecule has 0 unspecified atom stereocenters. The Morgan fingerprint density at radius 1 is 0.472 bits per heavy atom. The molecule has 6 atom stereocenters. The number of ether oxygens (including phenoxy) is 2. The zero-order chi connectivity index (χ0) is 48.0.